The number of nitrogens with one attached hydrogen (secondary N) is 3. The topological polar surface area (TPSA) is 86.9 Å². The number of H-pyrrole nitrogens is 1. The summed E-state index contributed by atoms with van der Waals surface area (Å²) in [6.45, 7) is 0. The third-order valence-electron chi connectivity index (χ3n) is 5.88. The standard InChI is InChI=1S/C22H18N4O2S/c27-20-15-16(11-6-2-1-3-7-11)25-22(28)26-18(15)19-17(24-20)13-10-12-8-4-5-9-14(12)23-21(13)29-19/h1-3,6-7,10,16H,4-5,8-9H2,(H,24,27)(H2,25,26,28). The Morgan fingerprint density at radius 2 is 1.90 bits per heavy atom. The summed E-state index contributed by atoms with van der Waals surface area (Å²) in [7, 11) is 0. The summed E-state index contributed by atoms with van der Waals surface area (Å²) < 4.78 is 0.875. The van der Waals surface area contributed by atoms with Crippen LogP contribution in [0, 0.1) is 0 Å². The highest BCUT2D eigenvalue weighted by atomic mass is 32.1. The second-order valence-corrected chi connectivity index (χ2v) is 8.64. The number of fused-ring (bicyclic) bond motifs is 6. The average molecular weight is 402 g/mol. The highest BCUT2D eigenvalue weighted by molar-refractivity contribution is 7.26. The van der Waals surface area contributed by atoms with Gasteiger partial charge in [0.2, 0.25) is 0 Å². The number of aromatic nitrogens is 2. The number of hydrogen-bond donors (Lipinski definition) is 3. The predicted octanol–water partition coefficient (Wildman–Crippen LogP) is 4.24. The average Bonchev–Trinajstić information content (AvgIpc) is 3.09. The van der Waals surface area contributed by atoms with Gasteiger partial charge in [0.25, 0.3) is 5.56 Å². The van der Waals surface area contributed by atoms with Crippen LogP contribution < -0.4 is 16.2 Å². The Kier molecular flexibility index (Phi) is 3.55. The van der Waals surface area contributed by atoms with Crippen molar-refractivity contribution in [2.75, 3.05) is 5.32 Å². The number of nitrogens with zero attached hydrogens (tertiary/aromatic N) is 1. The van der Waals surface area contributed by atoms with E-state index in [1.807, 2.05) is 30.3 Å². The minimum atomic E-state index is -0.487. The van der Waals surface area contributed by atoms with E-state index < -0.39 is 6.04 Å². The molecule has 0 saturated carbocycles. The number of benzene rings is 1. The first kappa shape index (κ1) is 16.7. The van der Waals surface area contributed by atoms with Crippen molar-refractivity contribution in [2.24, 2.45) is 0 Å². The Morgan fingerprint density at radius 1 is 1.07 bits per heavy atom. The van der Waals surface area contributed by atoms with E-state index in [1.54, 1.807) is 0 Å². The van der Waals surface area contributed by atoms with Crippen LogP contribution in [0.5, 0.6) is 0 Å². The number of anilines is 1. The van der Waals surface area contributed by atoms with Gasteiger partial charge in [-0.1, -0.05) is 30.3 Å². The summed E-state index contributed by atoms with van der Waals surface area (Å²) in [5.41, 5.74) is 5.04. The Bertz CT molecular complexity index is 1360. The maximum atomic E-state index is 13.1. The van der Waals surface area contributed by atoms with Crippen LogP contribution in [0.25, 0.3) is 20.4 Å². The van der Waals surface area contributed by atoms with Gasteiger partial charge in [-0.25, -0.2) is 9.78 Å². The number of rotatable bonds is 1. The van der Waals surface area contributed by atoms with E-state index in [0.717, 1.165) is 38.8 Å². The normalized spacial score (nSPS) is 18.2. The number of aryl methyl sites for hydroxylation is 2. The molecule has 2 aliphatic rings. The molecular weight excluding hydrogens is 384 g/mol. The number of pyridine rings is 2. The molecule has 0 bridgehead atoms. The lowest BCUT2D eigenvalue weighted by Crippen LogP contribution is -2.41. The number of hydrogen-bond acceptors (Lipinski definition) is 4. The fourth-order valence-corrected chi connectivity index (χ4v) is 5.65. The molecule has 1 aromatic carbocycles. The van der Waals surface area contributed by atoms with Crippen LogP contribution in [0.4, 0.5) is 10.5 Å². The predicted molar refractivity (Wildman–Crippen MR) is 115 cm³/mol. The first-order valence-corrected chi connectivity index (χ1v) is 10.6. The summed E-state index contributed by atoms with van der Waals surface area (Å²) >= 11 is 1.53. The van der Waals surface area contributed by atoms with Gasteiger partial charge in [-0.05, 0) is 42.9 Å². The molecule has 6 nitrogen and oxygen atoms in total. The molecule has 3 aromatic heterocycles. The summed E-state index contributed by atoms with van der Waals surface area (Å²) in [5.74, 6) is 0. The van der Waals surface area contributed by atoms with E-state index in [9.17, 15) is 9.59 Å². The molecule has 1 atom stereocenters. The number of carbonyl (C=O) groups excluding carboxylic acids is 1. The number of thiophene rings is 1. The van der Waals surface area contributed by atoms with Crippen molar-refractivity contribution in [3.63, 3.8) is 0 Å². The van der Waals surface area contributed by atoms with Gasteiger partial charge in [0.1, 0.15) is 4.83 Å². The van der Waals surface area contributed by atoms with Crippen molar-refractivity contribution in [3.05, 3.63) is 69.1 Å². The molecule has 29 heavy (non-hydrogen) atoms. The van der Waals surface area contributed by atoms with Gasteiger partial charge < -0.3 is 15.6 Å². The Labute approximate surface area is 170 Å². The number of amides is 2. The molecule has 0 spiro atoms. The van der Waals surface area contributed by atoms with Crippen molar-refractivity contribution >= 4 is 43.5 Å². The number of urea groups is 1. The van der Waals surface area contributed by atoms with Crippen LogP contribution >= 0.6 is 11.3 Å². The Hall–Kier alpha value is -3.19. The molecule has 144 valence electrons. The SMILES string of the molecule is O=C1Nc2c(c(=O)[nH]c3c2sc2nc4c(cc23)CCCC4)C(c2ccccc2)N1. The zero-order valence-corrected chi connectivity index (χ0v) is 16.4. The van der Waals surface area contributed by atoms with Crippen molar-refractivity contribution in [1.82, 2.24) is 15.3 Å². The molecule has 3 N–H and O–H groups in total. The molecule has 7 heteroatoms. The number of aromatic amines is 1. The highest BCUT2D eigenvalue weighted by Gasteiger charge is 2.31. The minimum absolute atomic E-state index is 0.189. The largest absolute Gasteiger partial charge is 0.327 e. The highest BCUT2D eigenvalue weighted by Crippen LogP contribution is 2.41. The molecule has 0 saturated heterocycles. The van der Waals surface area contributed by atoms with Crippen molar-refractivity contribution in [2.45, 2.75) is 31.7 Å². The lowest BCUT2D eigenvalue weighted by atomic mass is 9.95. The second-order valence-electron chi connectivity index (χ2n) is 7.65. The quantitative estimate of drug-likeness (QED) is 0.445. The first-order chi connectivity index (χ1) is 14.2. The van der Waals surface area contributed by atoms with Gasteiger partial charge in [-0.2, -0.15) is 0 Å². The fourth-order valence-electron chi connectivity index (χ4n) is 4.51. The van der Waals surface area contributed by atoms with Gasteiger partial charge in [0, 0.05) is 11.1 Å². The number of carbonyl (C=O) groups is 1. The summed E-state index contributed by atoms with van der Waals surface area (Å²) in [6, 6.07) is 11.0. The molecule has 0 fully saturated rings. The van der Waals surface area contributed by atoms with Crippen LogP contribution in [-0.4, -0.2) is 16.0 Å². The molecule has 4 aromatic rings. The van der Waals surface area contributed by atoms with Gasteiger partial charge in [0.15, 0.2) is 0 Å². The van der Waals surface area contributed by atoms with E-state index >= 15 is 0 Å². The van der Waals surface area contributed by atoms with E-state index in [4.69, 9.17) is 4.98 Å². The zero-order valence-electron chi connectivity index (χ0n) is 15.5. The third-order valence-corrected chi connectivity index (χ3v) is 6.99. The summed E-state index contributed by atoms with van der Waals surface area (Å²) in [4.78, 5) is 34.5. The van der Waals surface area contributed by atoms with Crippen LogP contribution in [0.3, 0.4) is 0 Å². The molecule has 4 heterocycles. The first-order valence-electron chi connectivity index (χ1n) is 9.82. The zero-order chi connectivity index (χ0) is 19.5. The minimum Gasteiger partial charge on any atom is -0.327 e. The molecular formula is C22H18N4O2S. The Balaban J connectivity index is 1.65. The monoisotopic (exact) mass is 402 g/mol. The van der Waals surface area contributed by atoms with Gasteiger partial charge in [-0.3, -0.25) is 4.79 Å². The molecule has 6 rings (SSSR count). The van der Waals surface area contributed by atoms with Gasteiger partial charge in [0.05, 0.1) is 27.5 Å². The van der Waals surface area contributed by atoms with E-state index in [1.165, 1.54) is 35.4 Å². The van der Waals surface area contributed by atoms with Crippen LogP contribution in [-0.2, 0) is 12.8 Å². The lowest BCUT2D eigenvalue weighted by molar-refractivity contribution is 0.249. The van der Waals surface area contributed by atoms with E-state index in [0.29, 0.717) is 11.3 Å². The third kappa shape index (κ3) is 2.50. The lowest BCUT2D eigenvalue weighted by Gasteiger charge is -2.27. The maximum Gasteiger partial charge on any atom is 0.320 e. The molecule has 0 radical (unpaired) electrons. The van der Waals surface area contributed by atoms with E-state index in [2.05, 4.69) is 21.7 Å². The molecule has 1 aliphatic carbocycles. The second kappa shape index (κ2) is 6.15. The van der Waals surface area contributed by atoms with Crippen LogP contribution in [0.2, 0.25) is 0 Å². The van der Waals surface area contributed by atoms with Gasteiger partial charge >= 0.3 is 6.03 Å². The van der Waals surface area contributed by atoms with E-state index in [-0.39, 0.29) is 11.6 Å². The van der Waals surface area contributed by atoms with Gasteiger partial charge in [-0.15, -0.1) is 11.3 Å². The maximum absolute atomic E-state index is 13.1. The van der Waals surface area contributed by atoms with Crippen molar-refractivity contribution in [1.29, 1.82) is 0 Å². The van der Waals surface area contributed by atoms with Crippen molar-refractivity contribution in [3.8, 4) is 0 Å². The smallest absolute Gasteiger partial charge is 0.320 e. The fraction of sp³-hybridized carbons (Fsp3) is 0.227. The molecule has 1 unspecified atom stereocenters. The summed E-state index contributed by atoms with van der Waals surface area (Å²) in [6.07, 6.45) is 4.38. The van der Waals surface area contributed by atoms with Crippen molar-refractivity contribution < 1.29 is 4.79 Å². The van der Waals surface area contributed by atoms with Crippen LogP contribution in [0.1, 0.15) is 41.3 Å². The Morgan fingerprint density at radius 3 is 2.76 bits per heavy atom. The summed E-state index contributed by atoms with van der Waals surface area (Å²) in [5, 5.41) is 6.75. The molecule has 2 amide bonds. The van der Waals surface area contributed by atoms with Crippen LogP contribution in [0.15, 0.2) is 41.2 Å². The molecule has 1 aliphatic heterocycles.